The van der Waals surface area contributed by atoms with Crippen molar-refractivity contribution in [3.63, 3.8) is 0 Å². The van der Waals surface area contributed by atoms with Crippen molar-refractivity contribution in [2.24, 2.45) is 17.8 Å². The third-order valence-corrected chi connectivity index (χ3v) is 6.51. The monoisotopic (exact) mass is 352 g/mol. The molecule has 2 amide bonds. The molecular weight excluding hydrogens is 324 g/mol. The fourth-order valence-electron chi connectivity index (χ4n) is 5.28. The highest BCUT2D eigenvalue weighted by Crippen LogP contribution is 2.44. The number of piperidine rings is 1. The minimum absolute atomic E-state index is 0.0463. The minimum Gasteiger partial charge on any atom is -0.353 e. The van der Waals surface area contributed by atoms with Crippen LogP contribution in [-0.2, 0) is 9.59 Å². The molecule has 1 aromatic carbocycles. The van der Waals surface area contributed by atoms with E-state index >= 15 is 0 Å². The molecule has 5 unspecified atom stereocenters. The number of hydrogen-bond acceptors (Lipinski definition) is 2. The molecule has 0 radical (unpaired) electrons. The fraction of sp³-hybridized carbons (Fsp3) is 0.545. The Balaban J connectivity index is 1.34. The number of carbonyl (C=O) groups is 2. The van der Waals surface area contributed by atoms with Crippen molar-refractivity contribution in [2.75, 3.05) is 0 Å². The van der Waals surface area contributed by atoms with Gasteiger partial charge < -0.3 is 10.6 Å². The average Bonchev–Trinajstić information content (AvgIpc) is 2.67. The summed E-state index contributed by atoms with van der Waals surface area (Å²) < 4.78 is 0. The van der Waals surface area contributed by atoms with Gasteiger partial charge in [0.1, 0.15) is 0 Å². The van der Waals surface area contributed by atoms with E-state index in [9.17, 15) is 9.59 Å². The van der Waals surface area contributed by atoms with E-state index in [1.54, 1.807) is 6.08 Å². The standard InChI is InChI=1S/C22H28N2O2/c25-21(13-10-15-6-2-1-3-7-15)23-16-11-12-18-17-8-4-5-9-19(17)22(26)24-20(18)14-16/h1-3,6-7,10,13,16-20H,4-5,8-9,11-12,14H2,(H,23,25)(H,24,26)/b13-10-. The Bertz CT molecular complexity index is 685. The molecule has 4 nitrogen and oxygen atoms in total. The van der Waals surface area contributed by atoms with Crippen LogP contribution in [0.5, 0.6) is 0 Å². The Morgan fingerprint density at radius 1 is 1.04 bits per heavy atom. The van der Waals surface area contributed by atoms with Crippen molar-refractivity contribution in [2.45, 2.75) is 57.0 Å². The molecule has 0 spiro atoms. The predicted octanol–water partition coefficient (Wildman–Crippen LogP) is 3.29. The molecule has 1 aliphatic heterocycles. The van der Waals surface area contributed by atoms with Gasteiger partial charge in [-0.05, 0) is 55.6 Å². The Morgan fingerprint density at radius 3 is 2.69 bits per heavy atom. The first-order chi connectivity index (χ1) is 12.7. The van der Waals surface area contributed by atoms with Crippen LogP contribution >= 0.6 is 0 Å². The second-order valence-electron chi connectivity index (χ2n) is 8.10. The topological polar surface area (TPSA) is 58.2 Å². The van der Waals surface area contributed by atoms with Gasteiger partial charge >= 0.3 is 0 Å². The summed E-state index contributed by atoms with van der Waals surface area (Å²) in [5.74, 6) is 1.62. The zero-order valence-corrected chi connectivity index (χ0v) is 15.2. The molecule has 5 atom stereocenters. The Morgan fingerprint density at radius 2 is 1.85 bits per heavy atom. The van der Waals surface area contributed by atoms with Gasteiger partial charge in [0.05, 0.1) is 0 Å². The summed E-state index contributed by atoms with van der Waals surface area (Å²) in [7, 11) is 0. The van der Waals surface area contributed by atoms with E-state index in [-0.39, 0.29) is 29.8 Å². The van der Waals surface area contributed by atoms with Crippen molar-refractivity contribution >= 4 is 17.9 Å². The van der Waals surface area contributed by atoms with Gasteiger partial charge in [-0.1, -0.05) is 43.2 Å². The van der Waals surface area contributed by atoms with Crippen LogP contribution in [0.25, 0.3) is 6.08 Å². The van der Waals surface area contributed by atoms with Crippen LogP contribution in [0.1, 0.15) is 50.5 Å². The molecule has 4 rings (SSSR count). The molecule has 4 heteroatoms. The van der Waals surface area contributed by atoms with Crippen molar-refractivity contribution in [3.05, 3.63) is 42.0 Å². The van der Waals surface area contributed by atoms with E-state index in [1.165, 1.54) is 19.3 Å². The van der Waals surface area contributed by atoms with Crippen LogP contribution < -0.4 is 10.6 Å². The van der Waals surface area contributed by atoms with E-state index < -0.39 is 0 Å². The molecule has 0 aromatic heterocycles. The molecule has 26 heavy (non-hydrogen) atoms. The smallest absolute Gasteiger partial charge is 0.244 e. The average molecular weight is 352 g/mol. The molecule has 2 aliphatic carbocycles. The lowest BCUT2D eigenvalue weighted by atomic mass is 9.63. The highest BCUT2D eigenvalue weighted by atomic mass is 16.2. The van der Waals surface area contributed by atoms with Crippen molar-refractivity contribution in [3.8, 4) is 0 Å². The van der Waals surface area contributed by atoms with Crippen LogP contribution in [-0.4, -0.2) is 23.9 Å². The normalized spacial score (nSPS) is 33.8. The summed E-state index contributed by atoms with van der Waals surface area (Å²) in [6, 6.07) is 10.2. The summed E-state index contributed by atoms with van der Waals surface area (Å²) in [4.78, 5) is 24.7. The Labute approximate surface area is 155 Å². The van der Waals surface area contributed by atoms with E-state index in [1.807, 2.05) is 36.4 Å². The molecule has 3 aliphatic rings. The van der Waals surface area contributed by atoms with Gasteiger partial charge in [-0.2, -0.15) is 0 Å². The van der Waals surface area contributed by atoms with Gasteiger partial charge in [0.2, 0.25) is 11.8 Å². The molecule has 1 saturated heterocycles. The van der Waals surface area contributed by atoms with Gasteiger partial charge in [-0.3, -0.25) is 9.59 Å². The zero-order valence-electron chi connectivity index (χ0n) is 15.2. The van der Waals surface area contributed by atoms with Gasteiger partial charge in [-0.25, -0.2) is 0 Å². The van der Waals surface area contributed by atoms with Gasteiger partial charge in [0.15, 0.2) is 0 Å². The molecule has 2 N–H and O–H groups in total. The first-order valence-corrected chi connectivity index (χ1v) is 10.0. The maximum atomic E-state index is 12.5. The number of nitrogens with one attached hydrogen (secondary N) is 2. The number of amides is 2. The van der Waals surface area contributed by atoms with Gasteiger partial charge in [-0.15, -0.1) is 0 Å². The first kappa shape index (κ1) is 17.3. The fourth-order valence-corrected chi connectivity index (χ4v) is 5.28. The van der Waals surface area contributed by atoms with Crippen LogP contribution in [0.4, 0.5) is 0 Å². The molecule has 138 valence electrons. The molecule has 1 aromatic rings. The molecular formula is C22H28N2O2. The third-order valence-electron chi connectivity index (χ3n) is 6.51. The number of rotatable bonds is 3. The molecule has 1 heterocycles. The minimum atomic E-state index is -0.0463. The lowest BCUT2D eigenvalue weighted by Gasteiger charge is -2.49. The number of hydrogen-bond donors (Lipinski definition) is 2. The van der Waals surface area contributed by atoms with Crippen LogP contribution in [0.3, 0.4) is 0 Å². The number of benzene rings is 1. The number of fused-ring (bicyclic) bond motifs is 3. The van der Waals surface area contributed by atoms with E-state index in [0.717, 1.165) is 31.2 Å². The lowest BCUT2D eigenvalue weighted by molar-refractivity contribution is -0.135. The van der Waals surface area contributed by atoms with E-state index in [0.29, 0.717) is 11.8 Å². The van der Waals surface area contributed by atoms with E-state index in [4.69, 9.17) is 0 Å². The van der Waals surface area contributed by atoms with Crippen molar-refractivity contribution in [1.82, 2.24) is 10.6 Å². The highest BCUT2D eigenvalue weighted by molar-refractivity contribution is 5.91. The summed E-state index contributed by atoms with van der Waals surface area (Å²) in [5.41, 5.74) is 1.02. The zero-order chi connectivity index (χ0) is 17.9. The second kappa shape index (κ2) is 7.65. The van der Waals surface area contributed by atoms with Crippen molar-refractivity contribution < 1.29 is 9.59 Å². The van der Waals surface area contributed by atoms with Crippen molar-refractivity contribution in [1.29, 1.82) is 0 Å². The third kappa shape index (κ3) is 3.69. The lowest BCUT2D eigenvalue weighted by Crippen LogP contribution is -2.59. The van der Waals surface area contributed by atoms with Crippen LogP contribution in [0, 0.1) is 17.8 Å². The summed E-state index contributed by atoms with van der Waals surface area (Å²) >= 11 is 0. The summed E-state index contributed by atoms with van der Waals surface area (Å²) in [6.45, 7) is 0. The van der Waals surface area contributed by atoms with Gasteiger partial charge in [0, 0.05) is 24.1 Å². The highest BCUT2D eigenvalue weighted by Gasteiger charge is 2.46. The quantitative estimate of drug-likeness (QED) is 0.820. The van der Waals surface area contributed by atoms with Gasteiger partial charge in [0.25, 0.3) is 0 Å². The SMILES string of the molecule is O=C(/C=C\c1ccccc1)NC1CCC2C(C1)NC(=O)C1CCCCC12. The Hall–Kier alpha value is -2.10. The molecule has 0 bridgehead atoms. The summed E-state index contributed by atoms with van der Waals surface area (Å²) in [6.07, 6.45) is 11.2. The largest absolute Gasteiger partial charge is 0.353 e. The second-order valence-corrected chi connectivity index (χ2v) is 8.10. The molecule has 2 saturated carbocycles. The maximum absolute atomic E-state index is 12.5. The first-order valence-electron chi connectivity index (χ1n) is 10.0. The van der Waals surface area contributed by atoms with Crippen LogP contribution in [0.15, 0.2) is 36.4 Å². The van der Waals surface area contributed by atoms with E-state index in [2.05, 4.69) is 10.6 Å². The van der Waals surface area contributed by atoms with Crippen LogP contribution in [0.2, 0.25) is 0 Å². The number of carbonyl (C=O) groups excluding carboxylic acids is 2. The Kier molecular flexibility index (Phi) is 5.09. The maximum Gasteiger partial charge on any atom is 0.244 e. The summed E-state index contributed by atoms with van der Waals surface area (Å²) in [5, 5.41) is 6.40. The molecule has 3 fully saturated rings. The predicted molar refractivity (Wildman–Crippen MR) is 102 cm³/mol.